The van der Waals surface area contributed by atoms with Crippen LogP contribution in [-0.2, 0) is 0 Å². The summed E-state index contributed by atoms with van der Waals surface area (Å²) in [5.41, 5.74) is 10.8. The van der Waals surface area contributed by atoms with Crippen molar-refractivity contribution in [1.82, 2.24) is 10.6 Å². The number of aliphatic imine (C=N–C) groups is 3. The Morgan fingerprint density at radius 1 is 1.34 bits per heavy atom. The van der Waals surface area contributed by atoms with Gasteiger partial charge in [-0.15, -0.1) is 16.6 Å². The van der Waals surface area contributed by atoms with Crippen LogP contribution in [-0.4, -0.2) is 54.8 Å². The zero-order valence-electron chi connectivity index (χ0n) is 24.4. The van der Waals surface area contributed by atoms with Gasteiger partial charge in [-0.25, -0.2) is 9.38 Å². The molecule has 0 saturated heterocycles. The van der Waals surface area contributed by atoms with Gasteiger partial charge in [0.2, 0.25) is 0 Å². The van der Waals surface area contributed by atoms with Gasteiger partial charge >= 0.3 is 0 Å². The van der Waals surface area contributed by atoms with Gasteiger partial charge in [0.15, 0.2) is 0 Å². The van der Waals surface area contributed by atoms with Crippen LogP contribution in [0.3, 0.4) is 0 Å². The summed E-state index contributed by atoms with van der Waals surface area (Å²) >= 11 is 0. The van der Waals surface area contributed by atoms with Crippen LogP contribution < -0.4 is 16.5 Å². The molecule has 0 aromatic rings. The Morgan fingerprint density at radius 3 is 2.83 bits per heavy atom. The van der Waals surface area contributed by atoms with Gasteiger partial charge in [-0.1, -0.05) is 42.7 Å². The highest BCUT2D eigenvalue weighted by Crippen LogP contribution is 2.17. The number of allylic oxidation sites excluding steroid dienone is 4. The minimum absolute atomic E-state index is 0.145. The highest BCUT2D eigenvalue weighted by atomic mass is 19.1. The summed E-state index contributed by atoms with van der Waals surface area (Å²) in [7, 11) is 0. The summed E-state index contributed by atoms with van der Waals surface area (Å²) in [5, 5.41) is 17.1. The van der Waals surface area contributed by atoms with Crippen LogP contribution in [0, 0.1) is 0 Å². The Hall–Kier alpha value is -4.49. The Labute approximate surface area is 242 Å². The molecule has 9 nitrogen and oxygen atoms in total. The van der Waals surface area contributed by atoms with Crippen molar-refractivity contribution in [2.45, 2.75) is 52.2 Å². The molecule has 216 valence electrons. The van der Waals surface area contributed by atoms with Crippen molar-refractivity contribution < 1.29 is 4.39 Å². The van der Waals surface area contributed by atoms with E-state index in [4.69, 9.17) is 5.84 Å². The monoisotopic (exact) mass is 557 g/mol. The molecule has 2 rings (SSSR count). The Kier molecular flexibility index (Phi) is 13.2. The molecule has 0 fully saturated rings. The lowest BCUT2D eigenvalue weighted by Crippen LogP contribution is -2.34. The summed E-state index contributed by atoms with van der Waals surface area (Å²) in [4.78, 5) is 13.1. The Balaban J connectivity index is 1.85. The molecule has 0 bridgehead atoms. The highest BCUT2D eigenvalue weighted by molar-refractivity contribution is 6.15. The van der Waals surface area contributed by atoms with Crippen molar-refractivity contribution in [3.8, 4) is 0 Å². The molecule has 0 amide bonds. The zero-order valence-corrected chi connectivity index (χ0v) is 24.4. The van der Waals surface area contributed by atoms with Crippen LogP contribution in [0.15, 0.2) is 126 Å². The van der Waals surface area contributed by atoms with Crippen molar-refractivity contribution in [3.05, 3.63) is 95.8 Å². The largest absolute Gasteiger partial charge is 0.379 e. The lowest BCUT2D eigenvalue weighted by atomic mass is 10.0. The maximum absolute atomic E-state index is 14.2. The zero-order chi connectivity index (χ0) is 30.3. The van der Waals surface area contributed by atoms with E-state index in [9.17, 15) is 4.39 Å². The molecule has 0 saturated carbocycles. The predicted molar refractivity (Wildman–Crippen MR) is 169 cm³/mol. The third-order valence-electron chi connectivity index (χ3n) is 6.17. The maximum atomic E-state index is 14.2. The average Bonchev–Trinajstić information content (AvgIpc) is 2.91. The summed E-state index contributed by atoms with van der Waals surface area (Å²) in [5.74, 6) is 4.98. The van der Waals surface area contributed by atoms with E-state index in [1.54, 1.807) is 37.7 Å². The number of nitrogens with one attached hydrogen (secondary N) is 2. The van der Waals surface area contributed by atoms with Gasteiger partial charge in [0, 0.05) is 36.9 Å². The number of nitrogens with zero attached hydrogens (tertiary/aromatic N) is 6. The first-order valence-electron chi connectivity index (χ1n) is 13.3. The lowest BCUT2D eigenvalue weighted by molar-refractivity contribution is 0.311. The predicted octanol–water partition coefficient (Wildman–Crippen LogP) is 5.58. The summed E-state index contributed by atoms with van der Waals surface area (Å²) in [6.45, 7) is 20.8. The fourth-order valence-corrected chi connectivity index (χ4v) is 3.68. The van der Waals surface area contributed by atoms with Gasteiger partial charge in [-0.05, 0) is 69.7 Å². The van der Waals surface area contributed by atoms with E-state index < -0.39 is 5.67 Å². The molecule has 1 unspecified atom stereocenters. The van der Waals surface area contributed by atoms with Gasteiger partial charge in [0.25, 0.3) is 0 Å². The van der Waals surface area contributed by atoms with E-state index in [1.807, 2.05) is 12.2 Å². The maximum Gasteiger partial charge on any atom is 0.143 e. The fourth-order valence-electron chi connectivity index (χ4n) is 3.68. The molecule has 2 heterocycles. The van der Waals surface area contributed by atoms with Gasteiger partial charge < -0.3 is 16.5 Å². The quantitative estimate of drug-likeness (QED) is 0.0491. The van der Waals surface area contributed by atoms with Crippen LogP contribution in [0.1, 0.15) is 40.5 Å². The second-order valence-electron chi connectivity index (χ2n) is 9.84. The Bertz CT molecular complexity index is 1350. The van der Waals surface area contributed by atoms with E-state index in [2.05, 4.69) is 79.3 Å². The number of rotatable bonds is 14. The van der Waals surface area contributed by atoms with Crippen molar-refractivity contribution in [3.63, 3.8) is 0 Å². The molecule has 2 aliphatic heterocycles. The van der Waals surface area contributed by atoms with Crippen LogP contribution in [0.25, 0.3) is 0 Å². The Morgan fingerprint density at radius 2 is 2.12 bits per heavy atom. The molecule has 4 N–H and O–H groups in total. The van der Waals surface area contributed by atoms with Crippen molar-refractivity contribution in [2.75, 3.05) is 19.6 Å². The van der Waals surface area contributed by atoms with Crippen LogP contribution in [0.2, 0.25) is 0 Å². The lowest BCUT2D eigenvalue weighted by Gasteiger charge is -2.22. The fraction of sp³-hybridized carbons (Fsp3) is 0.355. The van der Waals surface area contributed by atoms with E-state index in [0.717, 1.165) is 24.1 Å². The molecule has 41 heavy (non-hydrogen) atoms. The summed E-state index contributed by atoms with van der Waals surface area (Å²) in [6.07, 6.45) is 13.5. The molecule has 1 atom stereocenters. The smallest absolute Gasteiger partial charge is 0.143 e. The first kappa shape index (κ1) is 32.7. The van der Waals surface area contributed by atoms with Crippen molar-refractivity contribution >= 4 is 23.5 Å². The topological polar surface area (TPSA) is 124 Å². The third-order valence-corrected chi connectivity index (χ3v) is 6.17. The van der Waals surface area contributed by atoms with Gasteiger partial charge in [-0.3, -0.25) is 9.98 Å². The van der Waals surface area contributed by atoms with Gasteiger partial charge in [-0.2, -0.15) is 0 Å². The number of nitrogens with two attached hydrogens (primary N) is 1. The average molecular weight is 558 g/mol. The molecular formula is C31H40FN9. The first-order valence-corrected chi connectivity index (χ1v) is 13.3. The third kappa shape index (κ3) is 11.3. The summed E-state index contributed by atoms with van der Waals surface area (Å²) < 4.78 is 14.2. The van der Waals surface area contributed by atoms with Gasteiger partial charge in [0.05, 0.1) is 28.9 Å². The number of halogens is 1. The SMILES string of the molecule is C=CC(=C=C/C=C(\C)CCNCC1N=CN=C(C(=C)NCC2=C=CCC(C(C)(C)F)=N/C=C\2)C1=C)/C(C)=N/N=N\N. The minimum atomic E-state index is -1.46. The molecule has 0 aromatic carbocycles. The molecule has 0 aromatic heterocycles. The molecule has 0 spiro atoms. The second-order valence-corrected chi connectivity index (χ2v) is 9.84. The van der Waals surface area contributed by atoms with Gasteiger partial charge in [0.1, 0.15) is 12.0 Å². The molecule has 0 radical (unpaired) electrons. The van der Waals surface area contributed by atoms with Crippen LogP contribution in [0.4, 0.5) is 4.39 Å². The first-order chi connectivity index (χ1) is 19.6. The van der Waals surface area contributed by atoms with Crippen molar-refractivity contribution in [2.24, 2.45) is 36.4 Å². The van der Waals surface area contributed by atoms with Crippen molar-refractivity contribution in [1.29, 1.82) is 0 Å². The highest BCUT2D eigenvalue weighted by Gasteiger charge is 2.23. The number of hydrogen-bond donors (Lipinski definition) is 3. The second kappa shape index (κ2) is 16.6. The number of alkyl halides is 1. The van der Waals surface area contributed by atoms with E-state index in [1.165, 1.54) is 19.4 Å². The normalized spacial score (nSPS) is 18.5. The molecular weight excluding hydrogens is 517 g/mol. The summed E-state index contributed by atoms with van der Waals surface area (Å²) in [6, 6.07) is -0.145. The molecule has 2 aliphatic rings. The van der Waals surface area contributed by atoms with Crippen LogP contribution >= 0.6 is 0 Å². The van der Waals surface area contributed by atoms with E-state index in [0.29, 0.717) is 47.9 Å². The minimum Gasteiger partial charge on any atom is -0.379 e. The molecule has 10 heteroatoms. The molecule has 0 aliphatic carbocycles. The standard InChI is InChI=1S/C31H40FN9/c1-8-27(24(4)39-41-40-33)13-9-11-22(2)15-17-34-20-28-23(3)30(38-21-37-28)25(5)36-19-26-12-10-14-29(31(6,7)32)35-18-16-26/h8-11,16,18,21,28,34,36H,1,3,5,14-15,17,19-20H2,2,4,6-7H3,(H2,33,41)/b18-16-,22-11+,35-29?,39-24+. The van der Waals surface area contributed by atoms with Crippen LogP contribution in [0.5, 0.6) is 0 Å². The van der Waals surface area contributed by atoms with E-state index in [-0.39, 0.29) is 6.04 Å². The van der Waals surface area contributed by atoms with E-state index >= 15 is 0 Å². The number of hydrogen-bond acceptors (Lipinski definition) is 7.